The van der Waals surface area contributed by atoms with Crippen molar-refractivity contribution in [2.24, 2.45) is 0 Å². The van der Waals surface area contributed by atoms with Crippen molar-refractivity contribution in [2.75, 3.05) is 0 Å². The highest BCUT2D eigenvalue weighted by molar-refractivity contribution is 7.03. The number of nitrogens with zero attached hydrogens (tertiary/aromatic N) is 2. The summed E-state index contributed by atoms with van der Waals surface area (Å²) in [5, 5.41) is 5.03. The van der Waals surface area contributed by atoms with Crippen molar-refractivity contribution < 1.29 is 4.79 Å². The summed E-state index contributed by atoms with van der Waals surface area (Å²) in [6.45, 7) is 0. The van der Waals surface area contributed by atoms with Gasteiger partial charge in [-0.3, -0.25) is 4.79 Å². The Balaban J connectivity index is 2.96. The van der Waals surface area contributed by atoms with Crippen LogP contribution in [-0.2, 0) is 0 Å². The van der Waals surface area contributed by atoms with Crippen LogP contribution in [0.15, 0.2) is 5.38 Å². The highest BCUT2D eigenvalue weighted by atomic mass is 32.1. The van der Waals surface area contributed by atoms with Gasteiger partial charge >= 0.3 is 0 Å². The molecule has 0 radical (unpaired) electrons. The maximum absolute atomic E-state index is 9.77. The third kappa shape index (κ3) is 0.806. The molecule has 1 heterocycles. The molecule has 1 aromatic heterocycles. The van der Waals surface area contributed by atoms with Gasteiger partial charge in [-0.1, -0.05) is 4.49 Å². The van der Waals surface area contributed by atoms with Crippen LogP contribution in [0.4, 0.5) is 0 Å². The maximum Gasteiger partial charge on any atom is 0.171 e. The molecule has 0 saturated carbocycles. The molecule has 0 N–H and O–H groups in total. The van der Waals surface area contributed by atoms with Gasteiger partial charge in [-0.05, 0) is 11.5 Å². The predicted molar refractivity (Wildman–Crippen MR) is 25.3 cm³/mol. The van der Waals surface area contributed by atoms with Crippen LogP contribution in [0.1, 0.15) is 10.5 Å². The lowest BCUT2D eigenvalue weighted by molar-refractivity contribution is 0.111. The summed E-state index contributed by atoms with van der Waals surface area (Å²) >= 11 is 1.17. The fraction of sp³-hybridized carbons (Fsp3) is 0. The fourth-order valence-electron chi connectivity index (χ4n) is 0.223. The van der Waals surface area contributed by atoms with Gasteiger partial charge < -0.3 is 0 Å². The minimum atomic E-state index is 0.407. The second-order valence-corrected chi connectivity index (χ2v) is 1.56. The lowest BCUT2D eigenvalue weighted by Gasteiger charge is -1.62. The minimum absolute atomic E-state index is 0.407. The number of carbonyl (C=O) groups is 1. The molecule has 7 heavy (non-hydrogen) atoms. The SMILES string of the molecule is O=Cc1csnn1. The Morgan fingerprint density at radius 3 is 3.00 bits per heavy atom. The first-order valence-corrected chi connectivity index (χ1v) is 2.49. The van der Waals surface area contributed by atoms with Gasteiger partial charge in [-0.2, -0.15) is 0 Å². The highest BCUT2D eigenvalue weighted by Crippen LogP contribution is 1.89. The molecule has 0 unspecified atom stereocenters. The summed E-state index contributed by atoms with van der Waals surface area (Å²) in [7, 11) is 0. The average Bonchev–Trinajstić information content (AvgIpc) is 2.14. The van der Waals surface area contributed by atoms with Crippen molar-refractivity contribution in [2.45, 2.75) is 0 Å². The first-order chi connectivity index (χ1) is 3.43. The van der Waals surface area contributed by atoms with E-state index >= 15 is 0 Å². The molecule has 4 heteroatoms. The van der Waals surface area contributed by atoms with Crippen LogP contribution < -0.4 is 0 Å². The number of aldehydes is 1. The van der Waals surface area contributed by atoms with Gasteiger partial charge in [0.15, 0.2) is 6.29 Å². The van der Waals surface area contributed by atoms with Crippen LogP contribution in [-0.4, -0.2) is 15.9 Å². The minimum Gasteiger partial charge on any atom is -0.296 e. The standard InChI is InChI=1S/C3H2N2OS/c6-1-3-2-7-5-4-3/h1-2H. The van der Waals surface area contributed by atoms with E-state index in [4.69, 9.17) is 0 Å². The summed E-state index contributed by atoms with van der Waals surface area (Å²) in [5.74, 6) is 0. The Kier molecular flexibility index (Phi) is 1.12. The van der Waals surface area contributed by atoms with Crippen LogP contribution in [0.2, 0.25) is 0 Å². The van der Waals surface area contributed by atoms with Gasteiger partial charge in [0.25, 0.3) is 0 Å². The molecule has 0 aliphatic rings. The zero-order valence-electron chi connectivity index (χ0n) is 3.37. The largest absolute Gasteiger partial charge is 0.296 e. The normalized spacial score (nSPS) is 8.57. The fourth-order valence-corrected chi connectivity index (χ4v) is 0.622. The smallest absolute Gasteiger partial charge is 0.171 e. The van der Waals surface area contributed by atoms with E-state index in [0.29, 0.717) is 12.0 Å². The van der Waals surface area contributed by atoms with E-state index in [1.165, 1.54) is 11.5 Å². The zero-order valence-corrected chi connectivity index (χ0v) is 4.18. The Morgan fingerprint density at radius 1 is 1.86 bits per heavy atom. The van der Waals surface area contributed by atoms with Gasteiger partial charge in [0.1, 0.15) is 5.69 Å². The topological polar surface area (TPSA) is 42.9 Å². The second-order valence-electron chi connectivity index (χ2n) is 0.948. The van der Waals surface area contributed by atoms with Crippen molar-refractivity contribution >= 4 is 17.8 Å². The molecule has 0 spiro atoms. The van der Waals surface area contributed by atoms with Crippen molar-refractivity contribution in [3.8, 4) is 0 Å². The maximum atomic E-state index is 9.77. The van der Waals surface area contributed by atoms with Gasteiger partial charge in [-0.25, -0.2) is 0 Å². The molecule has 0 aromatic carbocycles. The van der Waals surface area contributed by atoms with Gasteiger partial charge in [0.05, 0.1) is 0 Å². The predicted octanol–water partition coefficient (Wildman–Crippen LogP) is 0.351. The van der Waals surface area contributed by atoms with E-state index in [-0.39, 0.29) is 0 Å². The van der Waals surface area contributed by atoms with Crippen LogP contribution in [0.25, 0.3) is 0 Å². The van der Waals surface area contributed by atoms with Crippen molar-refractivity contribution in [1.82, 2.24) is 9.59 Å². The Hall–Kier alpha value is -0.770. The third-order valence-electron chi connectivity index (χ3n) is 0.498. The van der Waals surface area contributed by atoms with E-state index in [9.17, 15) is 4.79 Å². The number of hydrogen-bond acceptors (Lipinski definition) is 4. The lowest BCUT2D eigenvalue weighted by Crippen LogP contribution is -1.75. The molecule has 3 nitrogen and oxygen atoms in total. The summed E-state index contributed by atoms with van der Waals surface area (Å²) in [5.41, 5.74) is 0.407. The van der Waals surface area contributed by atoms with Crippen LogP contribution in [0.3, 0.4) is 0 Å². The van der Waals surface area contributed by atoms with Crippen LogP contribution >= 0.6 is 11.5 Å². The van der Waals surface area contributed by atoms with E-state index in [0.717, 1.165) is 0 Å². The third-order valence-corrected chi connectivity index (χ3v) is 1.02. The molecular weight excluding hydrogens is 112 g/mol. The number of aromatic nitrogens is 2. The summed E-state index contributed by atoms with van der Waals surface area (Å²) < 4.78 is 3.45. The van der Waals surface area contributed by atoms with Gasteiger partial charge in [0, 0.05) is 5.38 Å². The molecule has 0 amide bonds. The number of carbonyl (C=O) groups excluding carboxylic acids is 1. The van der Waals surface area contributed by atoms with Crippen LogP contribution in [0.5, 0.6) is 0 Å². The van der Waals surface area contributed by atoms with E-state index in [1.54, 1.807) is 5.38 Å². The Bertz CT molecular complexity index is 148. The van der Waals surface area contributed by atoms with Crippen LogP contribution in [0, 0.1) is 0 Å². The zero-order chi connectivity index (χ0) is 5.11. The average molecular weight is 114 g/mol. The van der Waals surface area contributed by atoms with Gasteiger partial charge in [0.2, 0.25) is 0 Å². The summed E-state index contributed by atoms with van der Waals surface area (Å²) in [6, 6.07) is 0. The molecule has 0 fully saturated rings. The molecule has 36 valence electrons. The van der Waals surface area contributed by atoms with E-state index in [2.05, 4.69) is 9.59 Å². The first-order valence-electron chi connectivity index (χ1n) is 1.65. The second kappa shape index (κ2) is 1.79. The molecule has 0 atom stereocenters. The van der Waals surface area contributed by atoms with Crippen molar-refractivity contribution in [3.05, 3.63) is 11.1 Å². The molecular formula is C3H2N2OS. The Labute approximate surface area is 44.1 Å². The number of hydrogen-bond donors (Lipinski definition) is 0. The van der Waals surface area contributed by atoms with E-state index in [1.807, 2.05) is 0 Å². The van der Waals surface area contributed by atoms with Crippen molar-refractivity contribution in [1.29, 1.82) is 0 Å². The lowest BCUT2D eigenvalue weighted by atomic mass is 10.6. The molecule has 1 aromatic rings. The quantitative estimate of drug-likeness (QED) is 0.495. The van der Waals surface area contributed by atoms with Gasteiger partial charge in [-0.15, -0.1) is 5.10 Å². The molecule has 0 aliphatic heterocycles. The summed E-state index contributed by atoms with van der Waals surface area (Å²) in [6.07, 6.45) is 0.670. The number of rotatable bonds is 1. The van der Waals surface area contributed by atoms with Crippen molar-refractivity contribution in [3.63, 3.8) is 0 Å². The highest BCUT2D eigenvalue weighted by Gasteiger charge is 1.86. The molecule has 0 aliphatic carbocycles. The first kappa shape index (κ1) is 4.39. The van der Waals surface area contributed by atoms with E-state index < -0.39 is 0 Å². The molecule has 0 bridgehead atoms. The summed E-state index contributed by atoms with van der Waals surface area (Å²) in [4.78, 5) is 9.77. The monoisotopic (exact) mass is 114 g/mol. The Morgan fingerprint density at radius 2 is 2.71 bits per heavy atom. The molecule has 1 rings (SSSR count). The molecule has 0 saturated heterocycles.